The van der Waals surface area contributed by atoms with Gasteiger partial charge in [-0.3, -0.25) is 0 Å². The van der Waals surface area contributed by atoms with Crippen molar-refractivity contribution in [3.63, 3.8) is 0 Å². The molecule has 0 saturated carbocycles. The van der Waals surface area contributed by atoms with Crippen LogP contribution in [0.3, 0.4) is 0 Å². The summed E-state index contributed by atoms with van der Waals surface area (Å²) in [5, 5.41) is 5.24. The second kappa shape index (κ2) is 4.21. The quantitative estimate of drug-likeness (QED) is 0.756. The van der Waals surface area contributed by atoms with E-state index < -0.39 is 0 Å². The zero-order chi connectivity index (χ0) is 10.7. The van der Waals surface area contributed by atoms with Crippen molar-refractivity contribution in [3.8, 4) is 5.75 Å². The summed E-state index contributed by atoms with van der Waals surface area (Å²) in [6.45, 7) is 0.536. The summed E-state index contributed by atoms with van der Waals surface area (Å²) in [7, 11) is 1.60. The van der Waals surface area contributed by atoms with E-state index >= 15 is 0 Å². The van der Waals surface area contributed by atoms with Crippen LogP contribution in [-0.4, -0.2) is 25.7 Å². The van der Waals surface area contributed by atoms with Crippen LogP contribution < -0.4 is 15.4 Å². The zero-order valence-electron chi connectivity index (χ0n) is 8.62. The lowest BCUT2D eigenvalue weighted by Gasteiger charge is -2.11. The Morgan fingerprint density at radius 2 is 2.33 bits per heavy atom. The maximum atomic E-state index is 11.0. The van der Waals surface area contributed by atoms with E-state index in [2.05, 4.69) is 16.7 Å². The van der Waals surface area contributed by atoms with E-state index in [0.717, 1.165) is 12.2 Å². The van der Waals surface area contributed by atoms with E-state index in [4.69, 9.17) is 4.74 Å². The van der Waals surface area contributed by atoms with Crippen molar-refractivity contribution >= 4 is 6.03 Å². The molecule has 0 bridgehead atoms. The van der Waals surface area contributed by atoms with Crippen LogP contribution in [-0.2, 0) is 6.42 Å². The van der Waals surface area contributed by atoms with Crippen molar-refractivity contribution in [3.05, 3.63) is 29.8 Å². The van der Waals surface area contributed by atoms with Gasteiger partial charge in [0, 0.05) is 13.5 Å². The monoisotopic (exact) mass is 206 g/mol. The highest BCUT2D eigenvalue weighted by atomic mass is 16.5. The first-order valence-electron chi connectivity index (χ1n) is 4.99. The molecule has 2 N–H and O–H groups in total. The molecule has 0 aliphatic carbocycles. The van der Waals surface area contributed by atoms with Gasteiger partial charge in [0.05, 0.1) is 6.54 Å². The number of fused-ring (bicyclic) bond motifs is 1. The lowest BCUT2D eigenvalue weighted by Crippen LogP contribution is -2.39. The number of amides is 2. The molecule has 0 spiro atoms. The number of para-hydroxylation sites is 1. The van der Waals surface area contributed by atoms with Crippen LogP contribution in [0.15, 0.2) is 24.3 Å². The smallest absolute Gasteiger partial charge is 0.314 e. The molecule has 80 valence electrons. The van der Waals surface area contributed by atoms with Crippen LogP contribution in [0.1, 0.15) is 5.56 Å². The molecule has 2 rings (SSSR count). The molecule has 1 aromatic carbocycles. The molecule has 1 aliphatic rings. The Kier molecular flexibility index (Phi) is 2.76. The zero-order valence-corrected chi connectivity index (χ0v) is 8.62. The molecule has 0 aromatic heterocycles. The molecule has 1 aromatic rings. The first-order chi connectivity index (χ1) is 7.29. The molecule has 1 aliphatic heterocycles. The van der Waals surface area contributed by atoms with E-state index in [-0.39, 0.29) is 12.1 Å². The van der Waals surface area contributed by atoms with E-state index in [1.54, 1.807) is 7.05 Å². The number of hydrogen-bond donors (Lipinski definition) is 2. The largest absolute Gasteiger partial charge is 0.488 e. The van der Waals surface area contributed by atoms with Gasteiger partial charge in [-0.05, 0) is 11.6 Å². The minimum atomic E-state index is -0.172. The summed E-state index contributed by atoms with van der Waals surface area (Å²) in [4.78, 5) is 11.0. The number of nitrogens with one attached hydrogen (secondary N) is 2. The number of rotatable bonds is 2. The van der Waals surface area contributed by atoms with Crippen LogP contribution >= 0.6 is 0 Å². The number of carbonyl (C=O) groups excluding carboxylic acids is 1. The number of urea groups is 1. The summed E-state index contributed by atoms with van der Waals surface area (Å²) in [6, 6.07) is 7.78. The Morgan fingerprint density at radius 1 is 1.53 bits per heavy atom. The van der Waals surface area contributed by atoms with Gasteiger partial charge < -0.3 is 15.4 Å². The molecule has 0 radical (unpaired) electrons. The summed E-state index contributed by atoms with van der Waals surface area (Å²) < 4.78 is 5.66. The Balaban J connectivity index is 1.88. The van der Waals surface area contributed by atoms with Gasteiger partial charge in [0.15, 0.2) is 0 Å². The molecule has 2 amide bonds. The predicted molar refractivity (Wildman–Crippen MR) is 57.0 cm³/mol. The van der Waals surface area contributed by atoms with E-state index in [1.807, 2.05) is 18.2 Å². The highest BCUT2D eigenvalue weighted by molar-refractivity contribution is 5.73. The van der Waals surface area contributed by atoms with Gasteiger partial charge in [0.25, 0.3) is 0 Å². The highest BCUT2D eigenvalue weighted by Crippen LogP contribution is 2.27. The molecule has 0 fully saturated rings. The van der Waals surface area contributed by atoms with Crippen LogP contribution in [0.25, 0.3) is 0 Å². The minimum Gasteiger partial charge on any atom is -0.488 e. The molecule has 1 unspecified atom stereocenters. The van der Waals surface area contributed by atoms with E-state index in [0.29, 0.717) is 6.54 Å². The Morgan fingerprint density at radius 3 is 3.07 bits per heavy atom. The molecule has 0 saturated heterocycles. The van der Waals surface area contributed by atoms with Crippen molar-refractivity contribution in [2.45, 2.75) is 12.5 Å². The van der Waals surface area contributed by atoms with Gasteiger partial charge in [0.1, 0.15) is 11.9 Å². The Labute approximate surface area is 88.6 Å². The van der Waals surface area contributed by atoms with Crippen LogP contribution in [0.4, 0.5) is 4.79 Å². The molecule has 15 heavy (non-hydrogen) atoms. The summed E-state index contributed by atoms with van der Waals surface area (Å²) in [6.07, 6.45) is 0.917. The van der Waals surface area contributed by atoms with Gasteiger partial charge in [-0.25, -0.2) is 4.79 Å². The van der Waals surface area contributed by atoms with Crippen molar-refractivity contribution in [2.75, 3.05) is 13.6 Å². The second-order valence-corrected chi connectivity index (χ2v) is 3.51. The predicted octanol–water partition coefficient (Wildman–Crippen LogP) is 0.919. The third-order valence-corrected chi connectivity index (χ3v) is 2.43. The average molecular weight is 206 g/mol. The van der Waals surface area contributed by atoms with E-state index in [9.17, 15) is 4.79 Å². The molecule has 4 nitrogen and oxygen atoms in total. The maximum Gasteiger partial charge on any atom is 0.314 e. The fraction of sp³-hybridized carbons (Fsp3) is 0.364. The van der Waals surface area contributed by atoms with Crippen LogP contribution in [0, 0.1) is 0 Å². The lowest BCUT2D eigenvalue weighted by molar-refractivity contribution is 0.215. The topological polar surface area (TPSA) is 50.4 Å². The first kappa shape index (κ1) is 9.83. The first-order valence-corrected chi connectivity index (χ1v) is 4.99. The van der Waals surface area contributed by atoms with Crippen molar-refractivity contribution < 1.29 is 9.53 Å². The van der Waals surface area contributed by atoms with Crippen molar-refractivity contribution in [2.24, 2.45) is 0 Å². The fourth-order valence-corrected chi connectivity index (χ4v) is 1.66. The summed E-state index contributed by atoms with van der Waals surface area (Å²) in [5.41, 5.74) is 1.21. The van der Waals surface area contributed by atoms with Gasteiger partial charge in [-0.15, -0.1) is 0 Å². The number of hydrogen-bond acceptors (Lipinski definition) is 2. The van der Waals surface area contributed by atoms with E-state index in [1.165, 1.54) is 5.56 Å². The van der Waals surface area contributed by atoms with Crippen molar-refractivity contribution in [1.82, 2.24) is 10.6 Å². The molecule has 4 heteroatoms. The van der Waals surface area contributed by atoms with Crippen LogP contribution in [0.5, 0.6) is 5.75 Å². The highest BCUT2D eigenvalue weighted by Gasteiger charge is 2.22. The second-order valence-electron chi connectivity index (χ2n) is 3.51. The number of ether oxygens (including phenoxy) is 1. The third-order valence-electron chi connectivity index (χ3n) is 2.43. The summed E-state index contributed by atoms with van der Waals surface area (Å²) in [5.74, 6) is 0.932. The standard InChI is InChI=1S/C11H14N2O2/c1-12-11(14)13-7-9-6-8-4-2-3-5-10(8)15-9/h2-5,9H,6-7H2,1H3,(H2,12,13,14). The van der Waals surface area contributed by atoms with Crippen LogP contribution in [0.2, 0.25) is 0 Å². The average Bonchev–Trinajstić information content (AvgIpc) is 2.68. The Hall–Kier alpha value is -1.71. The molecular formula is C11H14N2O2. The molecule has 1 atom stereocenters. The molecule has 1 heterocycles. The normalized spacial score (nSPS) is 17.8. The summed E-state index contributed by atoms with van der Waals surface area (Å²) >= 11 is 0. The fourth-order valence-electron chi connectivity index (χ4n) is 1.66. The SMILES string of the molecule is CNC(=O)NCC1Cc2ccccc2O1. The third kappa shape index (κ3) is 2.21. The lowest BCUT2D eigenvalue weighted by atomic mass is 10.1. The van der Waals surface area contributed by atoms with Gasteiger partial charge in [0.2, 0.25) is 0 Å². The van der Waals surface area contributed by atoms with Gasteiger partial charge >= 0.3 is 6.03 Å². The number of benzene rings is 1. The van der Waals surface area contributed by atoms with Gasteiger partial charge in [-0.2, -0.15) is 0 Å². The molecular weight excluding hydrogens is 192 g/mol. The Bertz CT molecular complexity index is 340. The maximum absolute atomic E-state index is 11.0. The number of carbonyl (C=O) groups is 1. The van der Waals surface area contributed by atoms with Crippen molar-refractivity contribution in [1.29, 1.82) is 0 Å². The van der Waals surface area contributed by atoms with Gasteiger partial charge in [-0.1, -0.05) is 18.2 Å². The minimum absolute atomic E-state index is 0.0553.